The topological polar surface area (TPSA) is 41.6 Å². The average molecular weight is 268 g/mol. The van der Waals surface area contributed by atoms with Crippen molar-refractivity contribution in [1.29, 1.82) is 0 Å². The zero-order valence-corrected chi connectivity index (χ0v) is 12.2. The summed E-state index contributed by atoms with van der Waals surface area (Å²) >= 11 is 0. The highest BCUT2D eigenvalue weighted by molar-refractivity contribution is 5.83. The Hall–Kier alpha value is -0.610. The van der Waals surface area contributed by atoms with Crippen LogP contribution in [0.25, 0.3) is 0 Å². The van der Waals surface area contributed by atoms with E-state index >= 15 is 0 Å². The van der Waals surface area contributed by atoms with Crippen LogP contribution in [0.15, 0.2) is 0 Å². The van der Waals surface area contributed by atoms with Crippen LogP contribution in [0, 0.1) is 0 Å². The van der Waals surface area contributed by atoms with Gasteiger partial charge in [-0.2, -0.15) is 0 Å². The van der Waals surface area contributed by atoms with Crippen LogP contribution < -0.4 is 5.32 Å². The standard InChI is InChI=1S/C15H28N2O2/c1-2-3-9-14-15(18)17(12-16-14)10-11-19-13-7-5-4-6-8-13/h13-14,16H,2-12H2,1H3. The summed E-state index contributed by atoms with van der Waals surface area (Å²) < 4.78 is 5.89. The fourth-order valence-corrected chi connectivity index (χ4v) is 2.99. The van der Waals surface area contributed by atoms with Crippen LogP contribution in [0.1, 0.15) is 58.3 Å². The summed E-state index contributed by atoms with van der Waals surface area (Å²) in [5.74, 6) is 0.265. The molecule has 1 aliphatic carbocycles. The number of carbonyl (C=O) groups excluding carboxylic acids is 1. The largest absolute Gasteiger partial charge is 0.376 e. The third-order valence-corrected chi connectivity index (χ3v) is 4.25. The van der Waals surface area contributed by atoms with Gasteiger partial charge in [-0.25, -0.2) is 0 Å². The van der Waals surface area contributed by atoms with Gasteiger partial charge in [0.1, 0.15) is 0 Å². The SMILES string of the molecule is CCCCC1NCN(CCOC2CCCCC2)C1=O. The van der Waals surface area contributed by atoms with Gasteiger partial charge in [0.2, 0.25) is 5.91 Å². The minimum absolute atomic E-state index is 0.0506. The predicted molar refractivity (Wildman–Crippen MR) is 75.9 cm³/mol. The van der Waals surface area contributed by atoms with Gasteiger partial charge < -0.3 is 9.64 Å². The van der Waals surface area contributed by atoms with Crippen molar-refractivity contribution in [2.45, 2.75) is 70.4 Å². The summed E-state index contributed by atoms with van der Waals surface area (Å²) in [6.07, 6.45) is 10.0. The normalized spacial score (nSPS) is 25.2. The highest BCUT2D eigenvalue weighted by atomic mass is 16.5. The van der Waals surface area contributed by atoms with E-state index in [0.29, 0.717) is 19.4 Å². The number of nitrogens with one attached hydrogen (secondary N) is 1. The molecular weight excluding hydrogens is 240 g/mol. The van der Waals surface area contributed by atoms with Crippen molar-refractivity contribution in [3.05, 3.63) is 0 Å². The summed E-state index contributed by atoms with van der Waals surface area (Å²) in [6, 6.07) is 0.0506. The number of rotatable bonds is 7. The first kappa shape index (κ1) is 14.8. The van der Waals surface area contributed by atoms with Crippen LogP contribution in [0.3, 0.4) is 0 Å². The lowest BCUT2D eigenvalue weighted by Crippen LogP contribution is -2.33. The van der Waals surface area contributed by atoms with E-state index < -0.39 is 0 Å². The van der Waals surface area contributed by atoms with E-state index in [2.05, 4.69) is 12.2 Å². The van der Waals surface area contributed by atoms with Crippen molar-refractivity contribution in [2.24, 2.45) is 0 Å². The first-order chi connectivity index (χ1) is 9.31. The van der Waals surface area contributed by atoms with E-state index in [1.807, 2.05) is 4.90 Å². The maximum absolute atomic E-state index is 12.1. The molecule has 1 saturated carbocycles. The Labute approximate surface area is 116 Å². The first-order valence-electron chi connectivity index (χ1n) is 7.95. The van der Waals surface area contributed by atoms with Gasteiger partial charge in [-0.05, 0) is 19.3 Å². The molecule has 0 radical (unpaired) electrons. The molecule has 1 amide bonds. The maximum Gasteiger partial charge on any atom is 0.240 e. The molecule has 4 nitrogen and oxygen atoms in total. The number of unbranched alkanes of at least 4 members (excludes halogenated alkanes) is 1. The Bertz CT molecular complexity index is 277. The molecule has 1 heterocycles. The molecule has 1 atom stereocenters. The summed E-state index contributed by atoms with van der Waals surface area (Å²) in [7, 11) is 0. The Morgan fingerprint density at radius 3 is 2.84 bits per heavy atom. The number of hydrogen-bond donors (Lipinski definition) is 1. The molecule has 2 rings (SSSR count). The number of ether oxygens (including phenoxy) is 1. The molecule has 19 heavy (non-hydrogen) atoms. The van der Waals surface area contributed by atoms with Crippen molar-refractivity contribution in [3.8, 4) is 0 Å². The first-order valence-corrected chi connectivity index (χ1v) is 7.95. The minimum Gasteiger partial charge on any atom is -0.376 e. The van der Waals surface area contributed by atoms with Crippen LogP contribution in [0.2, 0.25) is 0 Å². The second-order valence-electron chi connectivity index (χ2n) is 5.79. The summed E-state index contributed by atoms with van der Waals surface area (Å²) in [5.41, 5.74) is 0. The van der Waals surface area contributed by atoms with E-state index in [0.717, 1.165) is 25.8 Å². The van der Waals surface area contributed by atoms with Crippen LogP contribution in [0.5, 0.6) is 0 Å². The summed E-state index contributed by atoms with van der Waals surface area (Å²) in [4.78, 5) is 14.0. The van der Waals surface area contributed by atoms with E-state index in [4.69, 9.17) is 4.74 Å². The zero-order valence-electron chi connectivity index (χ0n) is 12.2. The van der Waals surface area contributed by atoms with Gasteiger partial charge in [0.15, 0.2) is 0 Å². The monoisotopic (exact) mass is 268 g/mol. The molecule has 4 heteroatoms. The van der Waals surface area contributed by atoms with Crippen molar-refractivity contribution in [2.75, 3.05) is 19.8 Å². The van der Waals surface area contributed by atoms with Crippen molar-refractivity contribution >= 4 is 5.91 Å². The third kappa shape index (κ3) is 4.46. The number of nitrogens with zero attached hydrogens (tertiary/aromatic N) is 1. The fraction of sp³-hybridized carbons (Fsp3) is 0.933. The lowest BCUT2D eigenvalue weighted by Gasteiger charge is -2.23. The van der Waals surface area contributed by atoms with Gasteiger partial charge in [0.05, 0.1) is 25.4 Å². The maximum atomic E-state index is 12.1. The van der Waals surface area contributed by atoms with Crippen molar-refractivity contribution < 1.29 is 9.53 Å². The fourth-order valence-electron chi connectivity index (χ4n) is 2.99. The second kappa shape index (κ2) is 7.85. The lowest BCUT2D eigenvalue weighted by atomic mass is 9.98. The van der Waals surface area contributed by atoms with E-state index in [1.54, 1.807) is 0 Å². The predicted octanol–water partition coefficient (Wildman–Crippen LogP) is 2.28. The quantitative estimate of drug-likeness (QED) is 0.770. The molecule has 0 aromatic carbocycles. The Balaban J connectivity index is 1.62. The van der Waals surface area contributed by atoms with Gasteiger partial charge in [-0.3, -0.25) is 10.1 Å². The molecule has 0 aromatic heterocycles. The molecule has 1 unspecified atom stereocenters. The van der Waals surface area contributed by atoms with Crippen LogP contribution in [-0.2, 0) is 9.53 Å². The smallest absolute Gasteiger partial charge is 0.240 e. The molecule has 0 spiro atoms. The Morgan fingerprint density at radius 2 is 2.11 bits per heavy atom. The molecule has 2 aliphatic rings. The van der Waals surface area contributed by atoms with Gasteiger partial charge >= 0.3 is 0 Å². The highest BCUT2D eigenvalue weighted by Gasteiger charge is 2.30. The second-order valence-corrected chi connectivity index (χ2v) is 5.79. The van der Waals surface area contributed by atoms with Crippen LogP contribution in [-0.4, -0.2) is 42.8 Å². The number of carbonyl (C=O) groups is 1. The molecule has 1 aliphatic heterocycles. The third-order valence-electron chi connectivity index (χ3n) is 4.25. The van der Waals surface area contributed by atoms with Crippen molar-refractivity contribution in [1.82, 2.24) is 10.2 Å². The Morgan fingerprint density at radius 1 is 1.32 bits per heavy atom. The molecule has 110 valence electrons. The minimum atomic E-state index is 0.0506. The summed E-state index contributed by atoms with van der Waals surface area (Å²) in [6.45, 7) is 4.29. The Kier molecular flexibility index (Phi) is 6.11. The molecule has 0 bridgehead atoms. The van der Waals surface area contributed by atoms with E-state index in [9.17, 15) is 4.79 Å². The molecule has 1 saturated heterocycles. The zero-order chi connectivity index (χ0) is 13.5. The number of hydrogen-bond acceptors (Lipinski definition) is 3. The average Bonchev–Trinajstić information content (AvgIpc) is 2.79. The molecule has 0 aromatic rings. The van der Waals surface area contributed by atoms with E-state index in [-0.39, 0.29) is 11.9 Å². The van der Waals surface area contributed by atoms with Crippen LogP contribution in [0.4, 0.5) is 0 Å². The van der Waals surface area contributed by atoms with Gasteiger partial charge in [0.25, 0.3) is 0 Å². The van der Waals surface area contributed by atoms with Crippen molar-refractivity contribution in [3.63, 3.8) is 0 Å². The van der Waals surface area contributed by atoms with Gasteiger partial charge in [-0.15, -0.1) is 0 Å². The molecule has 1 N–H and O–H groups in total. The van der Waals surface area contributed by atoms with Gasteiger partial charge in [-0.1, -0.05) is 39.0 Å². The number of amides is 1. The van der Waals surface area contributed by atoms with E-state index in [1.165, 1.54) is 32.1 Å². The lowest BCUT2D eigenvalue weighted by molar-refractivity contribution is -0.130. The highest BCUT2D eigenvalue weighted by Crippen LogP contribution is 2.20. The molecular formula is C15H28N2O2. The molecule has 2 fully saturated rings. The summed E-state index contributed by atoms with van der Waals surface area (Å²) in [5, 5.41) is 3.30. The van der Waals surface area contributed by atoms with Gasteiger partial charge in [0, 0.05) is 6.54 Å². The van der Waals surface area contributed by atoms with Crippen LogP contribution >= 0.6 is 0 Å².